The van der Waals surface area contributed by atoms with Gasteiger partial charge >= 0.3 is 0 Å². The van der Waals surface area contributed by atoms with E-state index in [1.807, 2.05) is 20.8 Å². The van der Waals surface area contributed by atoms with Gasteiger partial charge in [0.25, 0.3) is 5.91 Å². The molecule has 1 atom stereocenters. The highest BCUT2D eigenvalue weighted by molar-refractivity contribution is 9.10. The van der Waals surface area contributed by atoms with Crippen LogP contribution in [-0.2, 0) is 0 Å². The topological polar surface area (TPSA) is 66.9 Å². The van der Waals surface area contributed by atoms with Gasteiger partial charge < -0.3 is 10.6 Å². The molecule has 2 heterocycles. The number of hydrogen-bond donors (Lipinski definition) is 2. The van der Waals surface area contributed by atoms with Crippen molar-refractivity contribution >= 4 is 39.0 Å². The Hall–Kier alpha value is -1.47. The van der Waals surface area contributed by atoms with Crippen LogP contribution in [0, 0.1) is 13.8 Å². The molecule has 0 aliphatic heterocycles. The number of anilines is 1. The van der Waals surface area contributed by atoms with Gasteiger partial charge in [0.05, 0.1) is 22.3 Å². The van der Waals surface area contributed by atoms with Gasteiger partial charge in [-0.05, 0) is 42.8 Å². The maximum Gasteiger partial charge on any atom is 0.255 e. The van der Waals surface area contributed by atoms with E-state index >= 15 is 0 Å². The predicted molar refractivity (Wildman–Crippen MR) is 89.0 cm³/mol. The molecule has 0 fully saturated rings. The molecule has 112 valence electrons. The van der Waals surface area contributed by atoms with E-state index in [2.05, 4.69) is 36.5 Å². The lowest BCUT2D eigenvalue weighted by molar-refractivity contribution is 0.0941. The summed E-state index contributed by atoms with van der Waals surface area (Å²) in [6.45, 7) is 5.89. The van der Waals surface area contributed by atoms with Crippen LogP contribution >= 0.6 is 27.3 Å². The van der Waals surface area contributed by atoms with E-state index in [0.29, 0.717) is 11.4 Å². The van der Waals surface area contributed by atoms with E-state index in [1.165, 1.54) is 0 Å². The molecule has 5 nitrogen and oxygen atoms in total. The third-order valence-electron chi connectivity index (χ3n) is 3.02. The molecule has 0 aromatic carbocycles. The van der Waals surface area contributed by atoms with Crippen molar-refractivity contribution in [2.24, 2.45) is 0 Å². The molecule has 0 saturated carbocycles. The SMILES string of the molecule is CNc1ncc(Br)cc1C(=O)NC(C)c1sc(C)nc1C. The summed E-state index contributed by atoms with van der Waals surface area (Å²) in [5.74, 6) is 0.395. The van der Waals surface area contributed by atoms with E-state index in [0.717, 1.165) is 20.1 Å². The Balaban J connectivity index is 2.22. The molecule has 0 aliphatic rings. The predicted octanol–water partition coefficient (Wildman–Crippen LogP) is 3.45. The molecule has 0 bridgehead atoms. The highest BCUT2D eigenvalue weighted by atomic mass is 79.9. The van der Waals surface area contributed by atoms with E-state index in [1.54, 1.807) is 30.6 Å². The number of nitrogens with one attached hydrogen (secondary N) is 2. The molecule has 21 heavy (non-hydrogen) atoms. The minimum atomic E-state index is -0.161. The number of aryl methyl sites for hydroxylation is 2. The first-order valence-electron chi connectivity index (χ1n) is 6.50. The Morgan fingerprint density at radius 3 is 2.71 bits per heavy atom. The minimum absolute atomic E-state index is 0.0904. The molecule has 1 amide bonds. The fourth-order valence-corrected chi connectivity index (χ4v) is 3.36. The Bertz CT molecular complexity index is 671. The first-order chi connectivity index (χ1) is 9.92. The minimum Gasteiger partial charge on any atom is -0.372 e. The lowest BCUT2D eigenvalue weighted by atomic mass is 10.2. The van der Waals surface area contributed by atoms with Crippen LogP contribution in [0.25, 0.3) is 0 Å². The van der Waals surface area contributed by atoms with Crippen LogP contribution in [0.4, 0.5) is 5.82 Å². The van der Waals surface area contributed by atoms with Gasteiger partial charge in [-0.2, -0.15) is 0 Å². The standard InChI is InChI=1S/C14H17BrN4OS/c1-7-12(21-9(3)18-7)8(2)19-14(20)11-5-10(15)6-17-13(11)16-4/h5-6,8H,1-4H3,(H,16,17)(H,19,20). The van der Waals surface area contributed by atoms with Crippen LogP contribution in [0.1, 0.15) is 38.9 Å². The summed E-state index contributed by atoms with van der Waals surface area (Å²) in [6.07, 6.45) is 1.66. The number of hydrogen-bond acceptors (Lipinski definition) is 5. The number of rotatable bonds is 4. The monoisotopic (exact) mass is 368 g/mol. The molecule has 2 rings (SSSR count). The van der Waals surface area contributed by atoms with Gasteiger partial charge in [-0.3, -0.25) is 4.79 Å². The number of halogens is 1. The second kappa shape index (κ2) is 6.53. The van der Waals surface area contributed by atoms with Crippen molar-refractivity contribution < 1.29 is 4.79 Å². The van der Waals surface area contributed by atoms with Crippen LogP contribution in [-0.4, -0.2) is 22.9 Å². The van der Waals surface area contributed by atoms with Gasteiger partial charge in [-0.25, -0.2) is 9.97 Å². The second-order valence-corrected chi connectivity index (χ2v) is 6.83. The van der Waals surface area contributed by atoms with Crippen LogP contribution < -0.4 is 10.6 Å². The second-order valence-electron chi connectivity index (χ2n) is 4.68. The molecular weight excluding hydrogens is 352 g/mol. The lowest BCUT2D eigenvalue weighted by Gasteiger charge is -2.14. The van der Waals surface area contributed by atoms with Crippen LogP contribution in [0.2, 0.25) is 0 Å². The van der Waals surface area contributed by atoms with Gasteiger partial charge in [0.15, 0.2) is 0 Å². The van der Waals surface area contributed by atoms with Gasteiger partial charge in [0.1, 0.15) is 5.82 Å². The van der Waals surface area contributed by atoms with Crippen molar-refractivity contribution in [3.05, 3.63) is 37.9 Å². The van der Waals surface area contributed by atoms with E-state index in [9.17, 15) is 4.79 Å². The fourth-order valence-electron chi connectivity index (χ4n) is 2.10. The van der Waals surface area contributed by atoms with E-state index in [4.69, 9.17) is 0 Å². The molecule has 0 aliphatic carbocycles. The summed E-state index contributed by atoms with van der Waals surface area (Å²) in [4.78, 5) is 22.1. The average molecular weight is 369 g/mol. The van der Waals surface area contributed by atoms with Crippen molar-refractivity contribution in [3.63, 3.8) is 0 Å². The van der Waals surface area contributed by atoms with Gasteiger partial charge in [-0.1, -0.05) is 0 Å². The molecule has 2 N–H and O–H groups in total. The van der Waals surface area contributed by atoms with Crippen molar-refractivity contribution in [1.29, 1.82) is 0 Å². The number of amides is 1. The van der Waals surface area contributed by atoms with Gasteiger partial charge in [0.2, 0.25) is 0 Å². The normalized spacial score (nSPS) is 12.0. The number of carbonyl (C=O) groups is 1. The Morgan fingerprint density at radius 2 is 2.14 bits per heavy atom. The molecule has 2 aromatic rings. The van der Waals surface area contributed by atoms with Crippen LogP contribution in [0.3, 0.4) is 0 Å². The van der Waals surface area contributed by atoms with Crippen LogP contribution in [0.15, 0.2) is 16.7 Å². The van der Waals surface area contributed by atoms with E-state index < -0.39 is 0 Å². The zero-order valence-corrected chi connectivity index (χ0v) is 14.7. The Morgan fingerprint density at radius 1 is 1.43 bits per heavy atom. The van der Waals surface area contributed by atoms with E-state index in [-0.39, 0.29) is 11.9 Å². The maximum absolute atomic E-state index is 12.5. The Labute approximate surface area is 136 Å². The number of thiazole rings is 1. The van der Waals surface area contributed by atoms with Gasteiger partial charge in [0, 0.05) is 22.6 Å². The van der Waals surface area contributed by atoms with Crippen LogP contribution in [0.5, 0.6) is 0 Å². The fraction of sp³-hybridized carbons (Fsp3) is 0.357. The maximum atomic E-state index is 12.5. The first-order valence-corrected chi connectivity index (χ1v) is 8.11. The lowest BCUT2D eigenvalue weighted by Crippen LogP contribution is -2.27. The van der Waals surface area contributed by atoms with Crippen molar-refractivity contribution in [2.45, 2.75) is 26.8 Å². The molecule has 7 heteroatoms. The molecular formula is C14H17BrN4OS. The molecule has 1 unspecified atom stereocenters. The number of carbonyl (C=O) groups excluding carboxylic acids is 1. The third kappa shape index (κ3) is 3.59. The molecule has 0 radical (unpaired) electrons. The highest BCUT2D eigenvalue weighted by Crippen LogP contribution is 2.25. The van der Waals surface area contributed by atoms with Gasteiger partial charge in [-0.15, -0.1) is 11.3 Å². The zero-order valence-electron chi connectivity index (χ0n) is 12.3. The molecule has 0 spiro atoms. The van der Waals surface area contributed by atoms with Crippen molar-refractivity contribution in [3.8, 4) is 0 Å². The van der Waals surface area contributed by atoms with Crippen molar-refractivity contribution in [1.82, 2.24) is 15.3 Å². The molecule has 0 saturated heterocycles. The van der Waals surface area contributed by atoms with Crippen molar-refractivity contribution in [2.75, 3.05) is 12.4 Å². The zero-order chi connectivity index (χ0) is 15.6. The third-order valence-corrected chi connectivity index (χ3v) is 4.71. The summed E-state index contributed by atoms with van der Waals surface area (Å²) in [5, 5.41) is 6.93. The largest absolute Gasteiger partial charge is 0.372 e. The quantitative estimate of drug-likeness (QED) is 0.866. The number of pyridine rings is 1. The summed E-state index contributed by atoms with van der Waals surface area (Å²) < 4.78 is 0.768. The summed E-state index contributed by atoms with van der Waals surface area (Å²) in [6, 6.07) is 1.67. The smallest absolute Gasteiger partial charge is 0.255 e. The summed E-state index contributed by atoms with van der Waals surface area (Å²) >= 11 is 4.95. The number of aromatic nitrogens is 2. The average Bonchev–Trinajstić information content (AvgIpc) is 2.77. The summed E-state index contributed by atoms with van der Waals surface area (Å²) in [5.41, 5.74) is 1.48. The Kier molecular flexibility index (Phi) is 4.95. The molecule has 2 aromatic heterocycles. The highest BCUT2D eigenvalue weighted by Gasteiger charge is 2.18. The number of nitrogens with zero attached hydrogens (tertiary/aromatic N) is 2. The first kappa shape index (κ1) is 15.9. The summed E-state index contributed by atoms with van der Waals surface area (Å²) in [7, 11) is 1.74.